The Balaban J connectivity index is 1.74. The second-order valence-electron chi connectivity index (χ2n) is 6.38. The van der Waals surface area contributed by atoms with E-state index in [1.165, 1.54) is 7.11 Å². The predicted octanol–water partition coefficient (Wildman–Crippen LogP) is 2.32. The Morgan fingerprint density at radius 2 is 1.50 bits per heavy atom. The van der Waals surface area contributed by atoms with Gasteiger partial charge in [0.1, 0.15) is 18.0 Å². The molecule has 0 unspecified atom stereocenters. The van der Waals surface area contributed by atoms with Crippen molar-refractivity contribution in [2.24, 2.45) is 0 Å². The van der Waals surface area contributed by atoms with Crippen molar-refractivity contribution < 1.29 is 28.6 Å². The van der Waals surface area contributed by atoms with Crippen LogP contribution in [0.5, 0.6) is 11.5 Å². The van der Waals surface area contributed by atoms with E-state index in [-0.39, 0.29) is 31.4 Å². The van der Waals surface area contributed by atoms with Gasteiger partial charge in [-0.25, -0.2) is 0 Å². The van der Waals surface area contributed by atoms with Crippen LogP contribution in [0, 0.1) is 0 Å². The highest BCUT2D eigenvalue weighted by atomic mass is 16.5. The Morgan fingerprint density at radius 3 is 2.10 bits per heavy atom. The fourth-order valence-electron chi connectivity index (χ4n) is 2.39. The number of anilines is 1. The summed E-state index contributed by atoms with van der Waals surface area (Å²) in [5.41, 5.74) is 1.34. The van der Waals surface area contributed by atoms with Crippen molar-refractivity contribution in [1.82, 2.24) is 5.32 Å². The van der Waals surface area contributed by atoms with Crippen LogP contribution in [0.3, 0.4) is 0 Å². The van der Waals surface area contributed by atoms with E-state index in [0.717, 1.165) is 17.7 Å². The van der Waals surface area contributed by atoms with Crippen molar-refractivity contribution in [3.63, 3.8) is 0 Å². The monoisotopic (exact) mass is 414 g/mol. The first-order chi connectivity index (χ1) is 14.5. The largest absolute Gasteiger partial charge is 0.494 e. The number of carbonyl (C=O) groups is 3. The van der Waals surface area contributed by atoms with Gasteiger partial charge in [0.2, 0.25) is 5.91 Å². The fourth-order valence-corrected chi connectivity index (χ4v) is 2.39. The van der Waals surface area contributed by atoms with Crippen LogP contribution in [-0.2, 0) is 25.5 Å². The van der Waals surface area contributed by atoms with Gasteiger partial charge in [-0.15, -0.1) is 0 Å². The third-order valence-corrected chi connectivity index (χ3v) is 3.93. The minimum absolute atomic E-state index is 0.117. The second kappa shape index (κ2) is 12.1. The zero-order valence-electron chi connectivity index (χ0n) is 17.1. The fraction of sp³-hybridized carbons (Fsp3) is 0.318. The van der Waals surface area contributed by atoms with Crippen LogP contribution in [0.15, 0.2) is 48.5 Å². The molecule has 2 rings (SSSR count). The van der Waals surface area contributed by atoms with Gasteiger partial charge in [0.15, 0.2) is 6.61 Å². The number of carbonyl (C=O) groups excluding carboxylic acids is 3. The smallest absolute Gasteiger partial charge is 0.325 e. The molecular weight excluding hydrogens is 388 g/mol. The average molecular weight is 414 g/mol. The lowest BCUT2D eigenvalue weighted by Crippen LogP contribution is -2.31. The standard InChI is InChI=1S/C22H26N2O6/c1-3-12-29-18-8-10-19(11-9-18)30-15-21(26)24-17-6-4-16(5-7-17)13-20(25)23-14-22(27)28-2/h4-11H,3,12-15H2,1-2H3,(H,23,25)(H,24,26). The Hall–Kier alpha value is -3.55. The van der Waals surface area contributed by atoms with Crippen LogP contribution in [-0.4, -0.2) is 44.7 Å². The molecule has 0 spiro atoms. The van der Waals surface area contributed by atoms with Gasteiger partial charge in [-0.3, -0.25) is 14.4 Å². The Morgan fingerprint density at radius 1 is 0.867 bits per heavy atom. The van der Waals surface area contributed by atoms with Crippen LogP contribution in [0.1, 0.15) is 18.9 Å². The van der Waals surface area contributed by atoms with E-state index in [1.807, 2.05) is 6.92 Å². The maximum Gasteiger partial charge on any atom is 0.325 e. The molecular formula is C22H26N2O6. The molecule has 2 amide bonds. The molecule has 0 aliphatic heterocycles. The first-order valence-corrected chi connectivity index (χ1v) is 9.58. The van der Waals surface area contributed by atoms with Crippen LogP contribution in [0.4, 0.5) is 5.69 Å². The molecule has 160 valence electrons. The lowest BCUT2D eigenvalue weighted by Gasteiger charge is -2.09. The van der Waals surface area contributed by atoms with Gasteiger partial charge in [0.25, 0.3) is 5.91 Å². The highest BCUT2D eigenvalue weighted by molar-refractivity contribution is 5.92. The van der Waals surface area contributed by atoms with Crippen LogP contribution < -0.4 is 20.1 Å². The SMILES string of the molecule is CCCOc1ccc(OCC(=O)Nc2ccc(CC(=O)NCC(=O)OC)cc2)cc1. The van der Waals surface area contributed by atoms with Crippen LogP contribution in [0.2, 0.25) is 0 Å². The zero-order valence-corrected chi connectivity index (χ0v) is 17.1. The summed E-state index contributed by atoms with van der Waals surface area (Å²) >= 11 is 0. The molecule has 2 N–H and O–H groups in total. The van der Waals surface area contributed by atoms with E-state index in [1.54, 1.807) is 48.5 Å². The molecule has 0 aliphatic carbocycles. The Labute approximate surface area is 175 Å². The van der Waals surface area contributed by atoms with Crippen molar-refractivity contribution in [2.75, 3.05) is 32.2 Å². The van der Waals surface area contributed by atoms with Gasteiger partial charge < -0.3 is 24.8 Å². The normalized spacial score (nSPS) is 10.1. The van der Waals surface area contributed by atoms with Gasteiger partial charge in [-0.05, 0) is 48.4 Å². The third kappa shape index (κ3) is 8.22. The summed E-state index contributed by atoms with van der Waals surface area (Å²) in [5.74, 6) is 0.223. The number of benzene rings is 2. The second-order valence-corrected chi connectivity index (χ2v) is 6.38. The van der Waals surface area contributed by atoms with Gasteiger partial charge in [-0.2, -0.15) is 0 Å². The molecule has 30 heavy (non-hydrogen) atoms. The molecule has 2 aromatic rings. The van der Waals surface area contributed by atoms with E-state index >= 15 is 0 Å². The van der Waals surface area contributed by atoms with E-state index < -0.39 is 5.97 Å². The Bertz CT molecular complexity index is 834. The average Bonchev–Trinajstić information content (AvgIpc) is 2.76. The van der Waals surface area contributed by atoms with Crippen LogP contribution >= 0.6 is 0 Å². The highest BCUT2D eigenvalue weighted by Crippen LogP contribution is 2.18. The summed E-state index contributed by atoms with van der Waals surface area (Å²) in [6.45, 7) is 2.39. The number of hydrogen-bond acceptors (Lipinski definition) is 6. The summed E-state index contributed by atoms with van der Waals surface area (Å²) in [7, 11) is 1.26. The molecule has 0 aliphatic rings. The summed E-state index contributed by atoms with van der Waals surface area (Å²) in [5, 5.41) is 5.20. The molecule has 8 nitrogen and oxygen atoms in total. The first-order valence-electron chi connectivity index (χ1n) is 9.58. The van der Waals surface area contributed by atoms with Crippen molar-refractivity contribution in [3.8, 4) is 11.5 Å². The topological polar surface area (TPSA) is 103 Å². The molecule has 0 fully saturated rings. The number of hydrogen-bond donors (Lipinski definition) is 2. The van der Waals surface area contributed by atoms with Crippen LogP contribution in [0.25, 0.3) is 0 Å². The highest BCUT2D eigenvalue weighted by Gasteiger charge is 2.08. The number of esters is 1. The number of methoxy groups -OCH3 is 1. The molecule has 0 bridgehead atoms. The van der Waals surface area contributed by atoms with Crippen molar-refractivity contribution in [2.45, 2.75) is 19.8 Å². The summed E-state index contributed by atoms with van der Waals surface area (Å²) in [6, 6.07) is 13.9. The minimum atomic E-state index is -0.510. The maximum absolute atomic E-state index is 12.1. The number of rotatable bonds is 11. The molecule has 8 heteroatoms. The minimum Gasteiger partial charge on any atom is -0.494 e. The first kappa shape index (κ1) is 22.7. The third-order valence-electron chi connectivity index (χ3n) is 3.93. The van der Waals surface area contributed by atoms with Gasteiger partial charge in [0, 0.05) is 5.69 Å². The van der Waals surface area contributed by atoms with Crippen molar-refractivity contribution in [1.29, 1.82) is 0 Å². The Kier molecular flexibility index (Phi) is 9.18. The summed E-state index contributed by atoms with van der Waals surface area (Å²) in [4.78, 5) is 34.9. The van der Waals surface area contributed by atoms with E-state index in [2.05, 4.69) is 15.4 Å². The molecule has 2 aromatic carbocycles. The molecule has 0 atom stereocenters. The number of nitrogens with one attached hydrogen (secondary N) is 2. The van der Waals surface area contributed by atoms with E-state index in [0.29, 0.717) is 18.0 Å². The molecule has 0 saturated heterocycles. The van der Waals surface area contributed by atoms with Gasteiger partial charge >= 0.3 is 5.97 Å². The summed E-state index contributed by atoms with van der Waals surface area (Å²) < 4.78 is 15.4. The molecule has 0 heterocycles. The maximum atomic E-state index is 12.1. The lowest BCUT2D eigenvalue weighted by atomic mass is 10.1. The predicted molar refractivity (Wildman–Crippen MR) is 112 cm³/mol. The quantitative estimate of drug-likeness (QED) is 0.547. The zero-order chi connectivity index (χ0) is 21.8. The van der Waals surface area contributed by atoms with E-state index in [9.17, 15) is 14.4 Å². The van der Waals surface area contributed by atoms with Gasteiger partial charge in [-0.1, -0.05) is 19.1 Å². The lowest BCUT2D eigenvalue weighted by molar-refractivity contribution is -0.141. The number of amides is 2. The molecule has 0 aromatic heterocycles. The van der Waals surface area contributed by atoms with Crippen molar-refractivity contribution in [3.05, 3.63) is 54.1 Å². The number of ether oxygens (including phenoxy) is 3. The molecule has 0 radical (unpaired) electrons. The van der Waals surface area contributed by atoms with Crippen molar-refractivity contribution >= 4 is 23.5 Å². The summed E-state index contributed by atoms with van der Waals surface area (Å²) in [6.07, 6.45) is 1.05. The van der Waals surface area contributed by atoms with E-state index in [4.69, 9.17) is 9.47 Å². The van der Waals surface area contributed by atoms with Gasteiger partial charge in [0.05, 0.1) is 20.1 Å². The molecule has 0 saturated carbocycles.